The van der Waals surface area contributed by atoms with Crippen LogP contribution in [0.5, 0.6) is 5.75 Å². The quantitative estimate of drug-likeness (QED) is 0.634. The third-order valence-corrected chi connectivity index (χ3v) is 6.39. The first kappa shape index (κ1) is 19.2. The molecule has 1 aliphatic heterocycles. The van der Waals surface area contributed by atoms with Gasteiger partial charge in [-0.3, -0.25) is 9.69 Å². The van der Waals surface area contributed by atoms with Gasteiger partial charge in [-0.1, -0.05) is 24.3 Å². The van der Waals surface area contributed by atoms with Crippen LogP contribution in [0.25, 0.3) is 0 Å². The van der Waals surface area contributed by atoms with Crippen LogP contribution in [0.3, 0.4) is 0 Å². The minimum atomic E-state index is 0.160. The summed E-state index contributed by atoms with van der Waals surface area (Å²) in [6, 6.07) is 14.2. The number of piperazine rings is 1. The van der Waals surface area contributed by atoms with Crippen molar-refractivity contribution >= 4 is 28.5 Å². The van der Waals surface area contributed by atoms with Crippen LogP contribution in [0.15, 0.2) is 42.5 Å². The topological polar surface area (TPSA) is 32.8 Å². The summed E-state index contributed by atoms with van der Waals surface area (Å²) in [5.74, 6) is 1.06. The van der Waals surface area contributed by atoms with E-state index in [9.17, 15) is 4.79 Å². The van der Waals surface area contributed by atoms with E-state index in [1.54, 1.807) is 7.11 Å². The van der Waals surface area contributed by atoms with Crippen molar-refractivity contribution < 1.29 is 9.53 Å². The Labute approximate surface area is 169 Å². The third kappa shape index (κ3) is 4.57. The second kappa shape index (κ2) is 8.86. The first-order valence-electron chi connectivity index (χ1n) is 8.98. The zero-order valence-electron chi connectivity index (χ0n) is 15.4. The van der Waals surface area contributed by atoms with Crippen LogP contribution in [0.4, 0.5) is 0 Å². The molecule has 5 heteroatoms. The van der Waals surface area contributed by atoms with Gasteiger partial charge in [-0.15, -0.1) is 0 Å². The van der Waals surface area contributed by atoms with Crippen LogP contribution in [-0.4, -0.2) is 55.5 Å². The Kier molecular flexibility index (Phi) is 6.53. The lowest BCUT2D eigenvalue weighted by Crippen LogP contribution is -2.49. The molecule has 0 radical (unpaired) electrons. The van der Waals surface area contributed by atoms with Gasteiger partial charge in [0.2, 0.25) is 0 Å². The number of hydrogen-bond donors (Lipinski definition) is 0. The number of rotatable bonds is 5. The smallest absolute Gasteiger partial charge is 0.255 e. The highest BCUT2D eigenvalue weighted by Gasteiger charge is 2.23. The van der Waals surface area contributed by atoms with E-state index in [-0.39, 0.29) is 5.91 Å². The number of halogens is 1. The fourth-order valence-corrected chi connectivity index (χ4v) is 3.83. The molecule has 1 saturated heterocycles. The number of ether oxygens (including phenoxy) is 1. The molecule has 0 saturated carbocycles. The average Bonchev–Trinajstić information content (AvgIpc) is 2.69. The van der Waals surface area contributed by atoms with E-state index >= 15 is 0 Å². The van der Waals surface area contributed by atoms with Crippen molar-refractivity contribution in [2.45, 2.75) is 13.3 Å². The van der Waals surface area contributed by atoms with Crippen LogP contribution in [0, 0.1) is 10.5 Å². The molecule has 0 aromatic heterocycles. The lowest BCUT2D eigenvalue weighted by Gasteiger charge is -2.35. The van der Waals surface area contributed by atoms with Crippen LogP contribution in [0.1, 0.15) is 21.5 Å². The molecule has 1 aliphatic rings. The zero-order chi connectivity index (χ0) is 18.5. The molecular formula is C21H25IN2O2. The summed E-state index contributed by atoms with van der Waals surface area (Å²) in [4.78, 5) is 17.2. The van der Waals surface area contributed by atoms with Gasteiger partial charge >= 0.3 is 0 Å². The molecule has 0 atom stereocenters. The van der Waals surface area contributed by atoms with Gasteiger partial charge in [0.25, 0.3) is 5.91 Å². The highest BCUT2D eigenvalue weighted by molar-refractivity contribution is 14.1. The Bertz CT molecular complexity index is 753. The number of aryl methyl sites for hydroxylation is 1. The van der Waals surface area contributed by atoms with E-state index in [1.165, 1.54) is 5.56 Å². The minimum Gasteiger partial charge on any atom is -0.497 e. The number of carbonyl (C=O) groups excluding carboxylic acids is 1. The van der Waals surface area contributed by atoms with Gasteiger partial charge < -0.3 is 9.64 Å². The summed E-state index contributed by atoms with van der Waals surface area (Å²) < 4.78 is 6.27. The number of methoxy groups -OCH3 is 1. The highest BCUT2D eigenvalue weighted by atomic mass is 127. The maximum Gasteiger partial charge on any atom is 0.255 e. The van der Waals surface area contributed by atoms with Crippen molar-refractivity contribution in [1.29, 1.82) is 0 Å². The molecule has 0 aliphatic carbocycles. The van der Waals surface area contributed by atoms with E-state index in [0.717, 1.165) is 59.6 Å². The molecule has 3 rings (SSSR count). The Hall–Kier alpha value is -1.60. The van der Waals surface area contributed by atoms with Gasteiger partial charge in [-0.2, -0.15) is 0 Å². The molecule has 0 N–H and O–H groups in total. The number of amides is 1. The standard InChI is InChI=1S/C21H25IN2O2/c1-16-4-3-5-19(20(16)22)21(25)24-14-12-23(13-15-24)11-10-17-6-8-18(26-2)9-7-17/h3-9H,10-15H2,1-2H3. The van der Waals surface area contributed by atoms with E-state index in [2.05, 4.69) is 52.6 Å². The normalized spacial score (nSPS) is 15.1. The highest BCUT2D eigenvalue weighted by Crippen LogP contribution is 2.19. The first-order chi connectivity index (χ1) is 12.6. The number of hydrogen-bond acceptors (Lipinski definition) is 3. The minimum absolute atomic E-state index is 0.160. The summed E-state index contributed by atoms with van der Waals surface area (Å²) in [5, 5.41) is 0. The molecule has 1 amide bonds. The van der Waals surface area contributed by atoms with Crippen LogP contribution >= 0.6 is 22.6 Å². The SMILES string of the molecule is COc1ccc(CCN2CCN(C(=O)c3cccc(C)c3I)CC2)cc1. The molecule has 138 valence electrons. The van der Waals surface area contributed by atoms with Crippen LogP contribution in [0.2, 0.25) is 0 Å². The molecule has 0 spiro atoms. The van der Waals surface area contributed by atoms with Crippen molar-refractivity contribution in [3.63, 3.8) is 0 Å². The van der Waals surface area contributed by atoms with Crippen molar-refractivity contribution in [3.8, 4) is 5.75 Å². The second-order valence-electron chi connectivity index (χ2n) is 6.67. The first-order valence-corrected chi connectivity index (χ1v) is 10.1. The van der Waals surface area contributed by atoms with Crippen molar-refractivity contribution in [2.24, 2.45) is 0 Å². The molecular weight excluding hydrogens is 439 g/mol. The predicted octanol–water partition coefficient (Wildman–Crippen LogP) is 3.61. The van der Waals surface area contributed by atoms with E-state index in [4.69, 9.17) is 4.74 Å². The van der Waals surface area contributed by atoms with Gasteiger partial charge in [0.1, 0.15) is 5.75 Å². The molecule has 4 nitrogen and oxygen atoms in total. The van der Waals surface area contributed by atoms with E-state index in [0.29, 0.717) is 0 Å². The van der Waals surface area contributed by atoms with E-state index < -0.39 is 0 Å². The summed E-state index contributed by atoms with van der Waals surface area (Å²) >= 11 is 2.28. The Morgan fingerprint density at radius 3 is 2.42 bits per heavy atom. The molecule has 1 fully saturated rings. The average molecular weight is 464 g/mol. The lowest BCUT2D eigenvalue weighted by atomic mass is 10.1. The summed E-state index contributed by atoms with van der Waals surface area (Å²) in [6.07, 6.45) is 1.02. The molecule has 2 aromatic carbocycles. The second-order valence-corrected chi connectivity index (χ2v) is 7.75. The van der Waals surface area contributed by atoms with Crippen LogP contribution in [-0.2, 0) is 6.42 Å². The number of benzene rings is 2. The molecule has 0 bridgehead atoms. The predicted molar refractivity (Wildman–Crippen MR) is 113 cm³/mol. The summed E-state index contributed by atoms with van der Waals surface area (Å²) in [7, 11) is 1.69. The monoisotopic (exact) mass is 464 g/mol. The van der Waals surface area contributed by atoms with E-state index in [1.807, 2.05) is 29.2 Å². The molecule has 0 unspecified atom stereocenters. The Balaban J connectivity index is 1.50. The molecule has 26 heavy (non-hydrogen) atoms. The zero-order valence-corrected chi connectivity index (χ0v) is 17.5. The number of nitrogens with zero attached hydrogens (tertiary/aromatic N) is 2. The third-order valence-electron chi connectivity index (χ3n) is 4.96. The van der Waals surface area contributed by atoms with Gasteiger partial charge in [0, 0.05) is 36.3 Å². The van der Waals surface area contributed by atoms with Crippen LogP contribution < -0.4 is 4.74 Å². The molecule has 2 aromatic rings. The fourth-order valence-electron chi connectivity index (χ4n) is 3.24. The van der Waals surface area contributed by atoms with Crippen molar-refractivity contribution in [3.05, 3.63) is 62.7 Å². The summed E-state index contributed by atoms with van der Waals surface area (Å²) in [5.41, 5.74) is 3.31. The Morgan fingerprint density at radius 2 is 1.77 bits per heavy atom. The van der Waals surface area contributed by atoms with Crippen molar-refractivity contribution in [2.75, 3.05) is 39.8 Å². The molecule has 1 heterocycles. The van der Waals surface area contributed by atoms with Gasteiger partial charge in [-0.25, -0.2) is 0 Å². The van der Waals surface area contributed by atoms with Gasteiger partial charge in [0.05, 0.1) is 12.7 Å². The maximum atomic E-state index is 12.8. The lowest BCUT2D eigenvalue weighted by molar-refractivity contribution is 0.0637. The van der Waals surface area contributed by atoms with Gasteiger partial charge in [-0.05, 0) is 65.3 Å². The van der Waals surface area contributed by atoms with Gasteiger partial charge in [0.15, 0.2) is 0 Å². The van der Waals surface area contributed by atoms with Crippen molar-refractivity contribution in [1.82, 2.24) is 9.80 Å². The fraction of sp³-hybridized carbons (Fsp3) is 0.381. The number of carbonyl (C=O) groups is 1. The largest absolute Gasteiger partial charge is 0.497 e. The maximum absolute atomic E-state index is 12.8. The summed E-state index contributed by atoms with van der Waals surface area (Å²) in [6.45, 7) is 6.54. The Morgan fingerprint density at radius 1 is 1.08 bits per heavy atom.